The number of benzene rings is 3. The van der Waals surface area contributed by atoms with E-state index in [9.17, 15) is 40.0 Å². The van der Waals surface area contributed by atoms with Gasteiger partial charge in [0.1, 0.15) is 36.4 Å². The lowest BCUT2D eigenvalue weighted by molar-refractivity contribution is -0.122. The number of nitrogens with one attached hydrogen (secondary N) is 2. The second kappa shape index (κ2) is 15.5. The summed E-state index contributed by atoms with van der Waals surface area (Å²) in [7, 11) is -4.05. The second-order valence-electron chi connectivity index (χ2n) is 14.1. The first-order valence-electron chi connectivity index (χ1n) is 18.0. The first-order valence-corrected chi connectivity index (χ1v) is 20.3. The molecule has 20 heteroatoms. The Hall–Kier alpha value is -6.21. The zero-order valence-corrected chi connectivity index (χ0v) is 32.3. The first-order chi connectivity index (χ1) is 28.1. The number of nitrogens with zero attached hydrogens (tertiary/aromatic N) is 7. The molecule has 0 spiro atoms. The van der Waals surface area contributed by atoms with Crippen LogP contribution in [0.3, 0.4) is 0 Å². The van der Waals surface area contributed by atoms with E-state index in [1.807, 2.05) is 0 Å². The van der Waals surface area contributed by atoms with Crippen LogP contribution in [-0.4, -0.2) is 61.1 Å². The molecule has 0 radical (unpaired) electrons. The van der Waals surface area contributed by atoms with E-state index in [0.717, 1.165) is 46.2 Å². The molecule has 1 saturated carbocycles. The molecule has 4 aromatic heterocycles. The van der Waals surface area contributed by atoms with Gasteiger partial charge in [-0.3, -0.25) is 28.2 Å². The minimum Gasteiger partial charge on any atom is -0.344 e. The zero-order valence-electron chi connectivity index (χ0n) is 30.7. The summed E-state index contributed by atoms with van der Waals surface area (Å²) in [6, 6.07) is 14.1. The van der Waals surface area contributed by atoms with Crippen LogP contribution in [0.15, 0.2) is 83.8 Å². The summed E-state index contributed by atoms with van der Waals surface area (Å²) in [5.41, 5.74) is -0.498. The van der Waals surface area contributed by atoms with Crippen molar-refractivity contribution >= 4 is 55.3 Å². The molecule has 0 bridgehead atoms. The minimum absolute atomic E-state index is 0.0282. The van der Waals surface area contributed by atoms with E-state index in [1.165, 1.54) is 47.1 Å². The Balaban J connectivity index is 1.39. The van der Waals surface area contributed by atoms with Crippen LogP contribution >= 0.6 is 11.6 Å². The van der Waals surface area contributed by atoms with Crippen LogP contribution < -0.4 is 15.6 Å². The summed E-state index contributed by atoms with van der Waals surface area (Å²) in [5.74, 6) is -3.58. The number of carbonyl (C=O) groups is 1. The maximum Gasteiger partial charge on any atom is 0.267 e. The Bertz CT molecular complexity index is 2950. The molecule has 1 aliphatic carbocycles. The standard InChI is InChI=1S/C39H31ClF5N9O4S/c1-59(57,58)51-37-34-26(40)9-11-31(35(34)53(50-37)18-32(44)45)54-38(48-36-25(39(54)56)8-10-29(47-36)24-4-2-3-5-27(24)43)30(16-20-14-22(41)17-23(42)15-20)46-33(55)19-52-13-12-28(49-52)21-6-7-21/h2-5,8-15,17,21,30,32H,6-7,16,18-19H2,1H3,(H,46,55)(H,50,51)/t30-/m0/s1. The lowest BCUT2D eigenvalue weighted by Crippen LogP contribution is -2.37. The number of hydrogen-bond donors (Lipinski definition) is 2. The van der Waals surface area contributed by atoms with Gasteiger partial charge in [-0.25, -0.2) is 40.3 Å². The Morgan fingerprint density at radius 2 is 1.71 bits per heavy atom. The van der Waals surface area contributed by atoms with E-state index in [1.54, 1.807) is 18.3 Å². The number of sulfonamides is 1. The maximum atomic E-state index is 15.0. The van der Waals surface area contributed by atoms with Gasteiger partial charge in [0.05, 0.1) is 50.7 Å². The number of anilines is 1. The highest BCUT2D eigenvalue weighted by Crippen LogP contribution is 2.39. The number of rotatable bonds is 13. The summed E-state index contributed by atoms with van der Waals surface area (Å²) in [6.45, 7) is -1.40. The number of amides is 1. The fourth-order valence-corrected chi connectivity index (χ4v) is 7.68. The Morgan fingerprint density at radius 3 is 2.41 bits per heavy atom. The molecule has 0 unspecified atom stereocenters. The lowest BCUT2D eigenvalue weighted by atomic mass is 10.0. The van der Waals surface area contributed by atoms with Gasteiger partial charge in [0.25, 0.3) is 12.0 Å². The Labute approximate surface area is 336 Å². The van der Waals surface area contributed by atoms with Crippen LogP contribution in [0.1, 0.15) is 41.9 Å². The molecule has 13 nitrogen and oxygen atoms in total. The molecule has 1 amide bonds. The number of halogens is 6. The molecule has 59 heavy (non-hydrogen) atoms. The van der Waals surface area contributed by atoms with Gasteiger partial charge < -0.3 is 5.32 Å². The molecular weight excluding hydrogens is 821 g/mol. The van der Waals surface area contributed by atoms with Crippen molar-refractivity contribution in [3.05, 3.63) is 129 Å². The van der Waals surface area contributed by atoms with Crippen molar-refractivity contribution < 1.29 is 35.2 Å². The highest BCUT2D eigenvalue weighted by molar-refractivity contribution is 7.92. The maximum absolute atomic E-state index is 15.0. The van der Waals surface area contributed by atoms with Crippen molar-refractivity contribution in [2.24, 2.45) is 0 Å². The van der Waals surface area contributed by atoms with Crippen LogP contribution in [0.4, 0.5) is 27.8 Å². The fourth-order valence-electron chi connectivity index (χ4n) is 6.94. The van der Waals surface area contributed by atoms with Crippen LogP contribution in [0, 0.1) is 17.5 Å². The number of pyridine rings is 1. The largest absolute Gasteiger partial charge is 0.344 e. The van der Waals surface area contributed by atoms with Crippen LogP contribution in [0.25, 0.3) is 38.9 Å². The van der Waals surface area contributed by atoms with Gasteiger partial charge in [0.2, 0.25) is 15.9 Å². The second-order valence-corrected chi connectivity index (χ2v) is 16.2. The predicted octanol–water partition coefficient (Wildman–Crippen LogP) is 6.68. The van der Waals surface area contributed by atoms with E-state index in [-0.39, 0.29) is 74.2 Å². The average Bonchev–Trinajstić information content (AvgIpc) is 3.81. The molecule has 304 valence electrons. The predicted molar refractivity (Wildman–Crippen MR) is 208 cm³/mol. The van der Waals surface area contributed by atoms with Gasteiger partial charge in [-0.1, -0.05) is 23.7 Å². The first kappa shape index (κ1) is 39.6. The van der Waals surface area contributed by atoms with Crippen molar-refractivity contribution in [1.29, 1.82) is 0 Å². The Morgan fingerprint density at radius 1 is 0.966 bits per heavy atom. The van der Waals surface area contributed by atoms with Crippen LogP contribution in [-0.2, 0) is 34.3 Å². The van der Waals surface area contributed by atoms with Gasteiger partial charge in [-0.15, -0.1) is 0 Å². The number of alkyl halides is 2. The molecule has 8 rings (SSSR count). The minimum atomic E-state index is -4.05. The smallest absolute Gasteiger partial charge is 0.267 e. The van der Waals surface area contributed by atoms with Crippen molar-refractivity contribution in [1.82, 2.24) is 39.4 Å². The quantitative estimate of drug-likeness (QED) is 0.122. The van der Waals surface area contributed by atoms with E-state index in [4.69, 9.17) is 16.6 Å². The van der Waals surface area contributed by atoms with Crippen molar-refractivity contribution in [2.75, 3.05) is 11.0 Å². The summed E-state index contributed by atoms with van der Waals surface area (Å²) in [5, 5.41) is 11.0. The van der Waals surface area contributed by atoms with E-state index >= 15 is 0 Å². The Kier molecular flexibility index (Phi) is 10.4. The summed E-state index contributed by atoms with van der Waals surface area (Å²) >= 11 is 6.58. The van der Waals surface area contributed by atoms with E-state index in [2.05, 4.69) is 25.2 Å². The number of hydrogen-bond acceptors (Lipinski definition) is 8. The molecule has 4 heterocycles. The highest BCUT2D eigenvalue weighted by atomic mass is 35.5. The highest BCUT2D eigenvalue weighted by Gasteiger charge is 2.30. The van der Waals surface area contributed by atoms with Crippen LogP contribution in [0.2, 0.25) is 5.02 Å². The molecule has 1 fully saturated rings. The van der Waals surface area contributed by atoms with E-state index < -0.39 is 63.8 Å². The zero-order chi connectivity index (χ0) is 41.7. The third-order valence-electron chi connectivity index (χ3n) is 9.53. The molecule has 1 aliphatic rings. The topological polar surface area (TPSA) is 159 Å². The molecular formula is C39H31ClF5N9O4S. The molecule has 3 aromatic carbocycles. The number of fused-ring (bicyclic) bond motifs is 2. The molecule has 2 N–H and O–H groups in total. The van der Waals surface area contributed by atoms with Crippen molar-refractivity contribution in [2.45, 2.75) is 50.7 Å². The molecule has 1 atom stereocenters. The number of carbonyl (C=O) groups excluding carboxylic acids is 1. The fraction of sp³-hybridized carbons (Fsp3) is 0.231. The van der Waals surface area contributed by atoms with Gasteiger partial charge in [-0.2, -0.15) is 10.2 Å². The monoisotopic (exact) mass is 851 g/mol. The third-order valence-corrected chi connectivity index (χ3v) is 10.4. The molecule has 0 saturated heterocycles. The normalized spacial score (nSPS) is 13.7. The molecule has 0 aliphatic heterocycles. The van der Waals surface area contributed by atoms with E-state index in [0.29, 0.717) is 6.07 Å². The molecule has 7 aromatic rings. The summed E-state index contributed by atoms with van der Waals surface area (Å²) in [6.07, 6.45) is 0.964. The summed E-state index contributed by atoms with van der Waals surface area (Å²) < 4.78 is 103. The van der Waals surface area contributed by atoms with Gasteiger partial charge >= 0.3 is 0 Å². The van der Waals surface area contributed by atoms with Gasteiger partial charge in [0, 0.05) is 30.2 Å². The summed E-state index contributed by atoms with van der Waals surface area (Å²) in [4.78, 5) is 38.0. The third kappa shape index (κ3) is 8.38. The lowest BCUT2D eigenvalue weighted by Gasteiger charge is -2.24. The van der Waals surface area contributed by atoms with Gasteiger partial charge in [0.15, 0.2) is 11.5 Å². The van der Waals surface area contributed by atoms with Crippen molar-refractivity contribution in [3.8, 4) is 16.9 Å². The van der Waals surface area contributed by atoms with Crippen molar-refractivity contribution in [3.63, 3.8) is 0 Å². The average molecular weight is 852 g/mol. The SMILES string of the molecule is CS(=O)(=O)Nc1nn(CC(F)F)c2c(-n3c([C@H](Cc4cc(F)cc(F)c4)NC(=O)Cn4ccc(C5CC5)n4)nc4nc(-c5ccccc5F)ccc4c3=O)ccc(Cl)c12. The van der Waals surface area contributed by atoms with Crippen LogP contribution in [0.5, 0.6) is 0 Å². The van der Waals surface area contributed by atoms with Gasteiger partial charge in [-0.05, 0) is 73.0 Å². The number of aromatic nitrogens is 7.